The van der Waals surface area contributed by atoms with Gasteiger partial charge in [-0.3, -0.25) is 14.6 Å². The van der Waals surface area contributed by atoms with Gasteiger partial charge >= 0.3 is 0 Å². The third kappa shape index (κ3) is 3.88. The molecule has 0 saturated carbocycles. The number of pyridine rings is 1. The molecule has 2 N–H and O–H groups in total. The number of β-amino-alcohol motifs (C(OH)–C–C–N with tert-alkyl or cyclic N) is 1. The second kappa shape index (κ2) is 7.06. The molecule has 0 bridgehead atoms. The molecule has 1 aliphatic heterocycles. The van der Waals surface area contributed by atoms with E-state index >= 15 is 0 Å². The van der Waals surface area contributed by atoms with Crippen LogP contribution in [0.4, 0.5) is 0 Å². The van der Waals surface area contributed by atoms with Crippen LogP contribution in [-0.4, -0.2) is 57.1 Å². The number of carbonyl (C=O) groups is 2. The normalized spacial score (nSPS) is 20.3. The minimum Gasteiger partial charge on any atom is -0.388 e. The lowest BCUT2D eigenvalue weighted by Gasteiger charge is -2.38. The number of nitrogens with zero attached hydrogens (tertiary/aromatic N) is 3. The number of nitrogens with one attached hydrogen (secondary N) is 1. The summed E-state index contributed by atoms with van der Waals surface area (Å²) in [4.78, 5) is 30.2. The van der Waals surface area contributed by atoms with Crippen LogP contribution in [0.3, 0.4) is 0 Å². The van der Waals surface area contributed by atoms with E-state index in [0.717, 1.165) is 5.69 Å². The van der Waals surface area contributed by atoms with E-state index in [2.05, 4.69) is 10.3 Å². The van der Waals surface area contributed by atoms with Gasteiger partial charge in [0.15, 0.2) is 0 Å². The average Bonchev–Trinajstić information content (AvgIpc) is 3.15. The zero-order valence-corrected chi connectivity index (χ0v) is 14.2. The summed E-state index contributed by atoms with van der Waals surface area (Å²) in [6.45, 7) is 0.680. The molecular formula is C18H22N4O3. The van der Waals surface area contributed by atoms with Crippen LogP contribution in [0.5, 0.6) is 0 Å². The molecule has 1 aliphatic rings. The van der Waals surface area contributed by atoms with Gasteiger partial charge in [0.1, 0.15) is 5.69 Å². The number of hydrogen-bond acceptors (Lipinski definition) is 4. The maximum atomic E-state index is 12.8. The van der Waals surface area contributed by atoms with Crippen LogP contribution in [0, 0.1) is 0 Å². The third-order valence-electron chi connectivity index (χ3n) is 4.48. The van der Waals surface area contributed by atoms with Crippen molar-refractivity contribution in [2.24, 2.45) is 0 Å². The van der Waals surface area contributed by atoms with Gasteiger partial charge in [-0.1, -0.05) is 0 Å². The number of amides is 2. The Morgan fingerprint density at radius 1 is 1.36 bits per heavy atom. The fraction of sp³-hybridized carbons (Fsp3) is 0.389. The van der Waals surface area contributed by atoms with Crippen LogP contribution in [0.1, 0.15) is 29.8 Å². The summed E-state index contributed by atoms with van der Waals surface area (Å²) < 4.78 is 1.90. The van der Waals surface area contributed by atoms with Crippen LogP contribution in [0.15, 0.2) is 42.9 Å². The van der Waals surface area contributed by atoms with Gasteiger partial charge in [0.05, 0.1) is 18.6 Å². The Kier molecular flexibility index (Phi) is 4.85. The van der Waals surface area contributed by atoms with Crippen LogP contribution < -0.4 is 5.32 Å². The lowest BCUT2D eigenvalue weighted by atomic mass is 9.89. The molecule has 1 atom stereocenters. The van der Waals surface area contributed by atoms with Gasteiger partial charge in [0, 0.05) is 37.9 Å². The summed E-state index contributed by atoms with van der Waals surface area (Å²) in [5.74, 6) is -0.464. The van der Waals surface area contributed by atoms with E-state index < -0.39 is 5.60 Å². The molecule has 0 radical (unpaired) electrons. The predicted molar refractivity (Wildman–Crippen MR) is 92.3 cm³/mol. The molecule has 25 heavy (non-hydrogen) atoms. The molecule has 7 heteroatoms. The highest BCUT2D eigenvalue weighted by Gasteiger charge is 2.37. The van der Waals surface area contributed by atoms with Crippen molar-refractivity contribution in [3.8, 4) is 5.69 Å². The summed E-state index contributed by atoms with van der Waals surface area (Å²) in [5.41, 5.74) is -0.0113. The highest BCUT2D eigenvalue weighted by molar-refractivity contribution is 5.93. The Morgan fingerprint density at radius 2 is 2.12 bits per heavy atom. The minimum absolute atomic E-state index is 0.00981. The molecule has 0 spiro atoms. The molecule has 0 aromatic carbocycles. The van der Waals surface area contributed by atoms with E-state index in [4.69, 9.17) is 0 Å². The Bertz CT molecular complexity index is 759. The molecule has 3 heterocycles. The van der Waals surface area contributed by atoms with Crippen molar-refractivity contribution < 1.29 is 14.7 Å². The standard InChI is InChI=1S/C18H22N4O3/c1-19-16(23)12-18(25)6-4-10-22(13-18)17(24)15-11-14(5-7-20-15)21-8-2-3-9-21/h2-3,5,7-9,11,25H,4,6,10,12-13H2,1H3,(H,19,23). The summed E-state index contributed by atoms with van der Waals surface area (Å²) in [6, 6.07) is 7.38. The van der Waals surface area contributed by atoms with E-state index in [1.54, 1.807) is 17.2 Å². The second-order valence-corrected chi connectivity index (χ2v) is 6.39. The summed E-state index contributed by atoms with van der Waals surface area (Å²) in [7, 11) is 1.54. The van der Waals surface area contributed by atoms with Crippen LogP contribution in [0.25, 0.3) is 5.69 Å². The smallest absolute Gasteiger partial charge is 0.272 e. The van der Waals surface area contributed by atoms with Crippen LogP contribution >= 0.6 is 0 Å². The first-order valence-electron chi connectivity index (χ1n) is 8.32. The van der Waals surface area contributed by atoms with E-state index in [0.29, 0.717) is 25.1 Å². The Morgan fingerprint density at radius 3 is 2.84 bits per heavy atom. The van der Waals surface area contributed by atoms with Crippen molar-refractivity contribution in [2.75, 3.05) is 20.1 Å². The number of likely N-dealkylation sites (tertiary alicyclic amines) is 1. The molecule has 1 saturated heterocycles. The summed E-state index contributed by atoms with van der Waals surface area (Å²) in [6.07, 6.45) is 6.53. The Labute approximate surface area is 146 Å². The molecular weight excluding hydrogens is 320 g/mol. The zero-order chi connectivity index (χ0) is 17.9. The lowest BCUT2D eigenvalue weighted by molar-refractivity contribution is -0.127. The van der Waals surface area contributed by atoms with Crippen molar-refractivity contribution in [1.82, 2.24) is 19.8 Å². The SMILES string of the molecule is CNC(=O)CC1(O)CCCN(C(=O)c2cc(-n3cccc3)ccn2)C1. The molecule has 2 aromatic heterocycles. The largest absolute Gasteiger partial charge is 0.388 e. The van der Waals surface area contributed by atoms with Gasteiger partial charge in [-0.05, 0) is 37.1 Å². The molecule has 2 aromatic rings. The quantitative estimate of drug-likeness (QED) is 0.867. The first-order chi connectivity index (χ1) is 12.0. The fourth-order valence-corrected chi connectivity index (χ4v) is 3.18. The monoisotopic (exact) mass is 342 g/mol. The van der Waals surface area contributed by atoms with E-state index in [1.165, 1.54) is 7.05 Å². The van der Waals surface area contributed by atoms with Crippen molar-refractivity contribution in [3.63, 3.8) is 0 Å². The first kappa shape index (κ1) is 17.2. The minimum atomic E-state index is -1.19. The molecule has 7 nitrogen and oxygen atoms in total. The molecule has 3 rings (SSSR count). The summed E-state index contributed by atoms with van der Waals surface area (Å²) in [5, 5.41) is 13.2. The maximum absolute atomic E-state index is 12.8. The van der Waals surface area contributed by atoms with Crippen LogP contribution in [-0.2, 0) is 4.79 Å². The van der Waals surface area contributed by atoms with Crippen molar-refractivity contribution in [1.29, 1.82) is 0 Å². The second-order valence-electron chi connectivity index (χ2n) is 6.39. The number of hydrogen-bond donors (Lipinski definition) is 2. The molecule has 2 amide bonds. The Hall–Kier alpha value is -2.67. The van der Waals surface area contributed by atoms with Crippen LogP contribution in [0.2, 0.25) is 0 Å². The zero-order valence-electron chi connectivity index (χ0n) is 14.2. The van der Waals surface area contributed by atoms with E-state index in [-0.39, 0.29) is 24.8 Å². The van der Waals surface area contributed by atoms with Crippen molar-refractivity contribution >= 4 is 11.8 Å². The lowest BCUT2D eigenvalue weighted by Crippen LogP contribution is -2.52. The van der Waals surface area contributed by atoms with Crippen molar-refractivity contribution in [2.45, 2.75) is 24.9 Å². The highest BCUT2D eigenvalue weighted by atomic mass is 16.3. The van der Waals surface area contributed by atoms with E-state index in [1.807, 2.05) is 35.2 Å². The van der Waals surface area contributed by atoms with Gasteiger partial charge in [-0.2, -0.15) is 0 Å². The van der Waals surface area contributed by atoms with Gasteiger partial charge in [-0.15, -0.1) is 0 Å². The van der Waals surface area contributed by atoms with E-state index in [9.17, 15) is 14.7 Å². The van der Waals surface area contributed by atoms with Gasteiger partial charge < -0.3 is 19.9 Å². The Balaban J connectivity index is 1.76. The third-order valence-corrected chi connectivity index (χ3v) is 4.48. The number of aromatic nitrogens is 2. The maximum Gasteiger partial charge on any atom is 0.272 e. The number of carbonyl (C=O) groups excluding carboxylic acids is 2. The predicted octanol–water partition coefficient (Wildman–Crippen LogP) is 0.975. The topological polar surface area (TPSA) is 87.5 Å². The fourth-order valence-electron chi connectivity index (χ4n) is 3.18. The average molecular weight is 342 g/mol. The number of aliphatic hydroxyl groups is 1. The van der Waals surface area contributed by atoms with Crippen molar-refractivity contribution in [3.05, 3.63) is 48.5 Å². The number of piperidine rings is 1. The molecule has 132 valence electrons. The number of rotatable bonds is 4. The van der Waals surface area contributed by atoms with Gasteiger partial charge in [-0.25, -0.2) is 0 Å². The molecule has 1 unspecified atom stereocenters. The van der Waals surface area contributed by atoms with Gasteiger partial charge in [0.25, 0.3) is 5.91 Å². The molecule has 0 aliphatic carbocycles. The first-order valence-corrected chi connectivity index (χ1v) is 8.32. The highest BCUT2D eigenvalue weighted by Crippen LogP contribution is 2.25. The van der Waals surface area contributed by atoms with Gasteiger partial charge in [0.2, 0.25) is 5.91 Å². The molecule has 1 fully saturated rings. The summed E-state index contributed by atoms with van der Waals surface area (Å²) >= 11 is 0.